The topological polar surface area (TPSA) is 109 Å². The molecule has 1 fully saturated rings. The van der Waals surface area contributed by atoms with Gasteiger partial charge in [-0.25, -0.2) is 19.7 Å². The van der Waals surface area contributed by atoms with Gasteiger partial charge >= 0.3 is 6.09 Å². The van der Waals surface area contributed by atoms with Gasteiger partial charge in [-0.15, -0.1) is 0 Å². The molecule has 5 heterocycles. The number of nitrogens with one attached hydrogen (secondary N) is 1. The van der Waals surface area contributed by atoms with Gasteiger partial charge in [0, 0.05) is 49.5 Å². The van der Waals surface area contributed by atoms with Crippen molar-refractivity contribution in [2.45, 2.75) is 26.4 Å². The largest absolute Gasteiger partial charge is 0.494 e. The molecule has 10 nitrogen and oxygen atoms in total. The van der Waals surface area contributed by atoms with E-state index in [-0.39, 0.29) is 6.09 Å². The smallest absolute Gasteiger partial charge is 0.410 e. The number of ether oxygens (including phenoxy) is 2. The first kappa shape index (κ1) is 21.9. The monoisotopic (exact) mass is 461 g/mol. The van der Waals surface area contributed by atoms with Gasteiger partial charge in [-0.1, -0.05) is 0 Å². The molecule has 0 bridgehead atoms. The van der Waals surface area contributed by atoms with E-state index in [1.165, 1.54) is 0 Å². The predicted octanol–water partition coefficient (Wildman–Crippen LogP) is 3.63. The van der Waals surface area contributed by atoms with Crippen LogP contribution in [-0.2, 0) is 4.74 Å². The minimum absolute atomic E-state index is 0.297. The Balaban J connectivity index is 1.54. The van der Waals surface area contributed by atoms with Crippen LogP contribution >= 0.6 is 0 Å². The highest BCUT2D eigenvalue weighted by molar-refractivity contribution is 5.98. The zero-order valence-electron chi connectivity index (χ0n) is 19.7. The fourth-order valence-electron chi connectivity index (χ4n) is 4.12. The second-order valence-corrected chi connectivity index (χ2v) is 9.16. The number of pyridine rings is 2. The number of carbonyl (C=O) groups is 1. The van der Waals surface area contributed by atoms with Gasteiger partial charge in [0.05, 0.1) is 30.4 Å². The molecular formula is C24H27N7O3. The number of hydrogen-bond acceptors (Lipinski definition) is 8. The number of H-pyrrole nitrogens is 1. The SMILES string of the molecule is COc1cncc2nc(-c3ccnc4[nH]ccc34)nc(N3CCN(C(=O)OC(C)(C)C)CC3)c12. The summed E-state index contributed by atoms with van der Waals surface area (Å²) in [5, 5.41) is 1.74. The third-order valence-corrected chi connectivity index (χ3v) is 5.70. The lowest BCUT2D eigenvalue weighted by molar-refractivity contribution is 0.0240. The number of piperazine rings is 1. The van der Waals surface area contributed by atoms with Crippen LogP contribution in [0, 0.1) is 0 Å². The summed E-state index contributed by atoms with van der Waals surface area (Å²) in [5.74, 6) is 1.94. The third-order valence-electron chi connectivity index (χ3n) is 5.70. The van der Waals surface area contributed by atoms with E-state index in [1.54, 1.807) is 30.6 Å². The van der Waals surface area contributed by atoms with Gasteiger partial charge < -0.3 is 24.3 Å². The molecule has 0 unspecified atom stereocenters. The predicted molar refractivity (Wildman–Crippen MR) is 129 cm³/mol. The second kappa shape index (κ2) is 8.44. The molecule has 0 aromatic carbocycles. The van der Waals surface area contributed by atoms with Crippen LogP contribution in [0.15, 0.2) is 36.9 Å². The summed E-state index contributed by atoms with van der Waals surface area (Å²) in [6, 6.07) is 3.88. The molecule has 0 aliphatic carbocycles. The first-order valence-corrected chi connectivity index (χ1v) is 11.2. The van der Waals surface area contributed by atoms with E-state index in [0.717, 1.165) is 27.8 Å². The molecule has 0 saturated carbocycles. The number of methoxy groups -OCH3 is 1. The van der Waals surface area contributed by atoms with E-state index >= 15 is 0 Å². The highest BCUT2D eigenvalue weighted by Gasteiger charge is 2.28. The van der Waals surface area contributed by atoms with Gasteiger partial charge in [-0.3, -0.25) is 4.98 Å². The van der Waals surface area contributed by atoms with Crippen molar-refractivity contribution in [3.8, 4) is 17.1 Å². The summed E-state index contributed by atoms with van der Waals surface area (Å²) in [7, 11) is 1.61. The molecule has 1 amide bonds. The van der Waals surface area contributed by atoms with Crippen LogP contribution in [0.4, 0.5) is 10.6 Å². The van der Waals surface area contributed by atoms with Crippen molar-refractivity contribution in [3.63, 3.8) is 0 Å². The number of aromatic amines is 1. The molecule has 176 valence electrons. The van der Waals surface area contributed by atoms with Gasteiger partial charge in [0.25, 0.3) is 0 Å². The summed E-state index contributed by atoms with van der Waals surface area (Å²) >= 11 is 0. The molecule has 0 radical (unpaired) electrons. The first-order chi connectivity index (χ1) is 16.3. The Labute approximate surface area is 196 Å². The maximum absolute atomic E-state index is 12.5. The van der Waals surface area contributed by atoms with Crippen LogP contribution < -0.4 is 9.64 Å². The lowest BCUT2D eigenvalue weighted by Crippen LogP contribution is -2.50. The van der Waals surface area contributed by atoms with E-state index in [4.69, 9.17) is 19.4 Å². The molecule has 4 aromatic heterocycles. The van der Waals surface area contributed by atoms with Gasteiger partial charge in [0.1, 0.15) is 22.8 Å². The Morgan fingerprint density at radius 3 is 2.62 bits per heavy atom. The minimum atomic E-state index is -0.527. The third kappa shape index (κ3) is 4.07. The molecule has 4 aromatic rings. The van der Waals surface area contributed by atoms with Crippen LogP contribution in [0.3, 0.4) is 0 Å². The molecule has 1 N–H and O–H groups in total. The zero-order chi connectivity index (χ0) is 23.9. The summed E-state index contributed by atoms with van der Waals surface area (Å²) in [5.41, 5.74) is 1.82. The molecule has 10 heteroatoms. The standard InChI is InChI=1S/C24H27N7O3/c1-24(2,3)34-23(32)31-11-9-30(10-12-31)22-19-17(13-25-14-18(19)33-4)28-21(29-22)16-6-8-27-20-15(16)5-7-26-20/h5-8,13-14H,9-12H2,1-4H3,(H,26,27). The molecule has 0 atom stereocenters. The van der Waals surface area contributed by atoms with E-state index in [1.807, 2.05) is 39.1 Å². The number of carbonyl (C=O) groups excluding carboxylic acids is 1. The van der Waals surface area contributed by atoms with Crippen molar-refractivity contribution >= 4 is 33.8 Å². The van der Waals surface area contributed by atoms with Crippen LogP contribution in [0.2, 0.25) is 0 Å². The first-order valence-electron chi connectivity index (χ1n) is 11.2. The fourth-order valence-corrected chi connectivity index (χ4v) is 4.12. The quantitative estimate of drug-likeness (QED) is 0.493. The molecule has 1 aliphatic rings. The maximum atomic E-state index is 12.5. The molecule has 1 saturated heterocycles. The number of hydrogen-bond donors (Lipinski definition) is 1. The van der Waals surface area contributed by atoms with E-state index in [9.17, 15) is 4.79 Å². The van der Waals surface area contributed by atoms with Gasteiger partial charge in [0.2, 0.25) is 0 Å². The van der Waals surface area contributed by atoms with Crippen molar-refractivity contribution < 1.29 is 14.3 Å². The number of fused-ring (bicyclic) bond motifs is 2. The Kier molecular flexibility index (Phi) is 5.43. The molecule has 0 spiro atoms. The normalized spacial score (nSPS) is 14.6. The highest BCUT2D eigenvalue weighted by atomic mass is 16.6. The van der Waals surface area contributed by atoms with Crippen molar-refractivity contribution in [1.29, 1.82) is 0 Å². The van der Waals surface area contributed by atoms with Crippen LogP contribution in [0.5, 0.6) is 5.75 Å². The second-order valence-electron chi connectivity index (χ2n) is 9.16. The number of aromatic nitrogens is 5. The summed E-state index contributed by atoms with van der Waals surface area (Å²) in [6.07, 6.45) is 6.68. The summed E-state index contributed by atoms with van der Waals surface area (Å²) in [6.45, 7) is 7.88. The summed E-state index contributed by atoms with van der Waals surface area (Å²) in [4.78, 5) is 38.0. The average Bonchev–Trinajstić information content (AvgIpc) is 3.31. The Bertz CT molecular complexity index is 1350. The molecule has 1 aliphatic heterocycles. The average molecular weight is 462 g/mol. The van der Waals surface area contributed by atoms with Crippen LogP contribution in [0.1, 0.15) is 20.8 Å². The van der Waals surface area contributed by atoms with Gasteiger partial charge in [-0.05, 0) is 32.9 Å². The molecule has 5 rings (SSSR count). The van der Waals surface area contributed by atoms with Gasteiger partial charge in [0.15, 0.2) is 5.82 Å². The molecular weight excluding hydrogens is 434 g/mol. The van der Waals surface area contributed by atoms with Crippen molar-refractivity contribution in [2.24, 2.45) is 0 Å². The Hall–Kier alpha value is -3.95. The van der Waals surface area contributed by atoms with E-state index < -0.39 is 5.60 Å². The van der Waals surface area contributed by atoms with Crippen LogP contribution in [-0.4, -0.2) is 74.8 Å². The summed E-state index contributed by atoms with van der Waals surface area (Å²) < 4.78 is 11.1. The lowest BCUT2D eigenvalue weighted by atomic mass is 10.1. The number of nitrogens with zero attached hydrogens (tertiary/aromatic N) is 6. The fraction of sp³-hybridized carbons (Fsp3) is 0.375. The molecule has 34 heavy (non-hydrogen) atoms. The van der Waals surface area contributed by atoms with Crippen molar-refractivity contribution in [2.75, 3.05) is 38.2 Å². The van der Waals surface area contributed by atoms with Crippen molar-refractivity contribution in [1.82, 2.24) is 29.8 Å². The Morgan fingerprint density at radius 2 is 1.88 bits per heavy atom. The highest BCUT2D eigenvalue weighted by Crippen LogP contribution is 2.35. The zero-order valence-corrected chi connectivity index (χ0v) is 19.7. The van der Waals surface area contributed by atoms with E-state index in [0.29, 0.717) is 43.3 Å². The maximum Gasteiger partial charge on any atom is 0.410 e. The number of anilines is 1. The number of rotatable bonds is 3. The van der Waals surface area contributed by atoms with E-state index in [2.05, 4.69) is 19.9 Å². The lowest BCUT2D eigenvalue weighted by Gasteiger charge is -2.36. The van der Waals surface area contributed by atoms with Crippen LogP contribution in [0.25, 0.3) is 33.3 Å². The van der Waals surface area contributed by atoms with Crippen molar-refractivity contribution in [3.05, 3.63) is 36.9 Å². The Morgan fingerprint density at radius 1 is 1.09 bits per heavy atom. The minimum Gasteiger partial charge on any atom is -0.494 e. The number of amides is 1. The van der Waals surface area contributed by atoms with Gasteiger partial charge in [-0.2, -0.15) is 0 Å².